The Morgan fingerprint density at radius 3 is 2.55 bits per heavy atom. The normalized spacial score (nSPS) is 13.3. The van der Waals surface area contributed by atoms with Gasteiger partial charge in [0.05, 0.1) is 6.04 Å². The van der Waals surface area contributed by atoms with Gasteiger partial charge in [0.15, 0.2) is 0 Å². The Labute approximate surface area is 135 Å². The highest BCUT2D eigenvalue weighted by Crippen LogP contribution is 2.22. The molecular weight excluding hydrogens is 300 g/mol. The number of ether oxygens (including phenoxy) is 1. The van der Waals surface area contributed by atoms with Crippen LogP contribution in [0.1, 0.15) is 24.5 Å². The Hall–Kier alpha value is -1.56. The molecule has 0 saturated heterocycles. The van der Waals surface area contributed by atoms with Gasteiger partial charge < -0.3 is 15.4 Å². The van der Waals surface area contributed by atoms with E-state index < -0.39 is 10.8 Å². The molecule has 0 bridgehead atoms. The molecule has 0 radical (unpaired) electrons. The molecule has 2 amide bonds. The lowest BCUT2D eigenvalue weighted by Crippen LogP contribution is -2.43. The van der Waals surface area contributed by atoms with Gasteiger partial charge in [0.1, 0.15) is 12.4 Å². The van der Waals surface area contributed by atoms with E-state index in [4.69, 9.17) is 4.74 Å². The van der Waals surface area contributed by atoms with Gasteiger partial charge in [0, 0.05) is 29.4 Å². The van der Waals surface area contributed by atoms with Crippen LogP contribution >= 0.6 is 0 Å². The highest BCUT2D eigenvalue weighted by atomic mass is 32.2. The number of hydrogen-bond donors (Lipinski definition) is 2. The van der Waals surface area contributed by atoms with E-state index in [-0.39, 0.29) is 12.1 Å². The van der Waals surface area contributed by atoms with Crippen LogP contribution in [0, 0.1) is 13.8 Å². The molecule has 124 valence electrons. The zero-order valence-electron chi connectivity index (χ0n) is 13.8. The van der Waals surface area contributed by atoms with Gasteiger partial charge in [-0.05, 0) is 38.3 Å². The van der Waals surface area contributed by atoms with Crippen molar-refractivity contribution in [1.82, 2.24) is 10.6 Å². The fraction of sp³-hybridized carbons (Fsp3) is 0.562. The predicted octanol–water partition coefficient (Wildman–Crippen LogP) is 2.14. The average Bonchev–Trinajstić information content (AvgIpc) is 2.43. The molecule has 1 rings (SSSR count). The Kier molecular flexibility index (Phi) is 7.95. The van der Waals surface area contributed by atoms with Gasteiger partial charge in [-0.3, -0.25) is 4.21 Å². The van der Waals surface area contributed by atoms with Gasteiger partial charge in [-0.2, -0.15) is 0 Å². The van der Waals surface area contributed by atoms with Crippen LogP contribution in [0.3, 0.4) is 0 Å². The molecule has 6 heteroatoms. The van der Waals surface area contributed by atoms with Gasteiger partial charge in [0.25, 0.3) is 0 Å². The fourth-order valence-electron chi connectivity index (χ4n) is 2.03. The molecule has 1 aromatic rings. The Morgan fingerprint density at radius 1 is 1.32 bits per heavy atom. The lowest BCUT2D eigenvalue weighted by Gasteiger charge is -2.17. The first kappa shape index (κ1) is 18.5. The first-order chi connectivity index (χ1) is 10.4. The lowest BCUT2D eigenvalue weighted by atomic mass is 10.1. The number of para-hydroxylation sites is 1. The maximum Gasteiger partial charge on any atom is 0.315 e. The fourth-order valence-corrected chi connectivity index (χ4v) is 2.58. The Bertz CT molecular complexity index is 500. The molecule has 0 aliphatic heterocycles. The number of rotatable bonds is 8. The first-order valence-corrected chi connectivity index (χ1v) is 9.16. The second-order valence-electron chi connectivity index (χ2n) is 5.46. The number of amides is 2. The summed E-state index contributed by atoms with van der Waals surface area (Å²) in [5.74, 6) is 1.48. The van der Waals surface area contributed by atoms with Crippen molar-refractivity contribution in [1.29, 1.82) is 0 Å². The summed E-state index contributed by atoms with van der Waals surface area (Å²) < 4.78 is 16.7. The number of nitrogens with one attached hydrogen (secondary N) is 2. The summed E-state index contributed by atoms with van der Waals surface area (Å²) in [5, 5.41) is 5.58. The summed E-state index contributed by atoms with van der Waals surface area (Å²) in [6.45, 7) is 6.85. The topological polar surface area (TPSA) is 67.4 Å². The smallest absolute Gasteiger partial charge is 0.315 e. The SMILES string of the molecule is Cc1cccc(C)c1OC[C@H](C)NC(=O)NCCC[S@@](C)=O. The molecule has 0 aliphatic carbocycles. The van der Waals surface area contributed by atoms with Crippen molar-refractivity contribution in [3.05, 3.63) is 29.3 Å². The van der Waals surface area contributed by atoms with Crippen molar-refractivity contribution in [3.63, 3.8) is 0 Å². The average molecular weight is 326 g/mol. The van der Waals surface area contributed by atoms with Crippen LogP contribution in [0.5, 0.6) is 5.75 Å². The minimum absolute atomic E-state index is 0.0979. The second kappa shape index (κ2) is 9.46. The standard InChI is InChI=1S/C16H26N2O3S/c1-12-7-5-8-13(2)15(12)21-11-14(3)18-16(19)17-9-6-10-22(4)20/h5,7-8,14H,6,9-11H2,1-4H3,(H2,17,18,19)/t14-,22+/m0/s1. The van der Waals surface area contributed by atoms with E-state index in [1.54, 1.807) is 6.26 Å². The van der Waals surface area contributed by atoms with Gasteiger partial charge >= 0.3 is 6.03 Å². The van der Waals surface area contributed by atoms with Crippen LogP contribution in [-0.2, 0) is 10.8 Å². The number of carbonyl (C=O) groups is 1. The van der Waals surface area contributed by atoms with Crippen LogP contribution < -0.4 is 15.4 Å². The quantitative estimate of drug-likeness (QED) is 0.719. The number of benzene rings is 1. The van der Waals surface area contributed by atoms with E-state index in [0.29, 0.717) is 25.3 Å². The molecule has 2 N–H and O–H groups in total. The molecule has 2 atom stereocenters. The van der Waals surface area contributed by atoms with Crippen molar-refractivity contribution in [2.75, 3.05) is 25.2 Å². The summed E-state index contributed by atoms with van der Waals surface area (Å²) >= 11 is 0. The third kappa shape index (κ3) is 6.93. The molecule has 0 spiro atoms. The second-order valence-corrected chi connectivity index (χ2v) is 7.02. The summed E-state index contributed by atoms with van der Waals surface area (Å²) in [5.41, 5.74) is 2.17. The molecule has 0 aliphatic rings. The van der Waals surface area contributed by atoms with Crippen LogP contribution in [0.15, 0.2) is 18.2 Å². The molecule has 0 aromatic heterocycles. The Balaban J connectivity index is 2.29. The number of carbonyl (C=O) groups excluding carboxylic acids is 1. The summed E-state index contributed by atoms with van der Waals surface area (Å²) in [6.07, 6.45) is 2.37. The molecule has 22 heavy (non-hydrogen) atoms. The monoisotopic (exact) mass is 326 g/mol. The van der Waals surface area contributed by atoms with Gasteiger partial charge in [-0.1, -0.05) is 18.2 Å². The van der Waals surface area contributed by atoms with E-state index in [2.05, 4.69) is 10.6 Å². The molecule has 0 saturated carbocycles. The van der Waals surface area contributed by atoms with E-state index in [1.165, 1.54) is 0 Å². The number of hydrogen-bond acceptors (Lipinski definition) is 3. The van der Waals surface area contributed by atoms with Crippen molar-refractivity contribution in [2.24, 2.45) is 0 Å². The van der Waals surface area contributed by atoms with Crippen molar-refractivity contribution in [3.8, 4) is 5.75 Å². The van der Waals surface area contributed by atoms with Crippen molar-refractivity contribution >= 4 is 16.8 Å². The Morgan fingerprint density at radius 2 is 1.95 bits per heavy atom. The predicted molar refractivity (Wildman–Crippen MR) is 91.0 cm³/mol. The van der Waals surface area contributed by atoms with Gasteiger partial charge in [-0.25, -0.2) is 4.79 Å². The zero-order chi connectivity index (χ0) is 16.5. The molecule has 0 fully saturated rings. The van der Waals surface area contributed by atoms with Crippen molar-refractivity contribution in [2.45, 2.75) is 33.2 Å². The summed E-state index contributed by atoms with van der Waals surface area (Å²) in [4.78, 5) is 11.7. The zero-order valence-corrected chi connectivity index (χ0v) is 14.6. The summed E-state index contributed by atoms with van der Waals surface area (Å²) in [7, 11) is -0.812. The highest BCUT2D eigenvalue weighted by molar-refractivity contribution is 7.84. The van der Waals surface area contributed by atoms with E-state index in [0.717, 1.165) is 16.9 Å². The first-order valence-electron chi connectivity index (χ1n) is 7.43. The minimum Gasteiger partial charge on any atom is -0.491 e. The molecule has 0 heterocycles. The number of urea groups is 1. The molecule has 5 nitrogen and oxygen atoms in total. The third-order valence-corrected chi connectivity index (χ3v) is 4.02. The highest BCUT2D eigenvalue weighted by Gasteiger charge is 2.09. The summed E-state index contributed by atoms with van der Waals surface area (Å²) in [6, 6.07) is 5.69. The third-order valence-electron chi connectivity index (χ3n) is 3.16. The molecule has 1 aromatic carbocycles. The van der Waals surface area contributed by atoms with Gasteiger partial charge in [0.2, 0.25) is 0 Å². The molecule has 0 unspecified atom stereocenters. The number of aryl methyl sites for hydroxylation is 2. The lowest BCUT2D eigenvalue weighted by molar-refractivity contribution is 0.226. The van der Waals surface area contributed by atoms with Crippen LogP contribution in [0.25, 0.3) is 0 Å². The maximum atomic E-state index is 11.7. The van der Waals surface area contributed by atoms with Crippen molar-refractivity contribution < 1.29 is 13.7 Å². The van der Waals surface area contributed by atoms with E-state index >= 15 is 0 Å². The van der Waals surface area contributed by atoms with Gasteiger partial charge in [-0.15, -0.1) is 0 Å². The molecular formula is C16H26N2O3S. The maximum absolute atomic E-state index is 11.7. The largest absolute Gasteiger partial charge is 0.491 e. The van der Waals surface area contributed by atoms with Crippen LogP contribution in [-0.4, -0.2) is 41.4 Å². The van der Waals surface area contributed by atoms with Crippen LogP contribution in [0.4, 0.5) is 4.79 Å². The van der Waals surface area contributed by atoms with E-state index in [1.807, 2.05) is 39.0 Å². The minimum atomic E-state index is -0.812. The van der Waals surface area contributed by atoms with E-state index in [9.17, 15) is 9.00 Å². The van der Waals surface area contributed by atoms with Crippen LogP contribution in [0.2, 0.25) is 0 Å².